The molecule has 0 bridgehead atoms. The number of methoxy groups -OCH3 is 2. The predicted molar refractivity (Wildman–Crippen MR) is 162 cm³/mol. The Morgan fingerprint density at radius 2 is 1.91 bits per heavy atom. The number of allylic oxidation sites excluding steroid dienone is 2. The van der Waals surface area contributed by atoms with E-state index in [0.717, 1.165) is 0 Å². The summed E-state index contributed by atoms with van der Waals surface area (Å²) in [6, 6.07) is 1.85. The molecule has 1 aromatic rings. The molecule has 5 N–H and O–H groups in total. The van der Waals surface area contributed by atoms with Gasteiger partial charge in [0.05, 0.1) is 41.5 Å². The van der Waals surface area contributed by atoms with E-state index < -0.39 is 42.2 Å². The summed E-state index contributed by atoms with van der Waals surface area (Å²) in [5, 5.41) is 64.0. The number of hydrogen-bond acceptors (Lipinski definition) is 13. The fraction of sp³-hybridized carbons (Fsp3) is 0.515. The fourth-order valence-corrected chi connectivity index (χ4v) is 7.91. The van der Waals surface area contributed by atoms with Crippen molar-refractivity contribution in [3.05, 3.63) is 62.4 Å². The number of fused-ring (bicyclic) bond motifs is 3. The lowest BCUT2D eigenvalue weighted by Gasteiger charge is -2.52. The Kier molecular flexibility index (Phi) is 7.44. The molecule has 1 aromatic carbocycles. The van der Waals surface area contributed by atoms with E-state index in [1.165, 1.54) is 26.2 Å². The van der Waals surface area contributed by atoms with Gasteiger partial charge in [-0.2, -0.15) is 5.10 Å². The van der Waals surface area contributed by atoms with Gasteiger partial charge in [-0.05, 0) is 31.1 Å². The van der Waals surface area contributed by atoms with E-state index in [0.29, 0.717) is 40.0 Å². The van der Waals surface area contributed by atoms with Crippen LogP contribution in [0.4, 0.5) is 0 Å². The molecule has 7 rings (SSSR count). The minimum absolute atomic E-state index is 0.0328. The molecule has 3 aliphatic carbocycles. The fourth-order valence-electron chi connectivity index (χ4n) is 7.91. The van der Waals surface area contributed by atoms with Crippen molar-refractivity contribution in [2.24, 2.45) is 10.5 Å². The van der Waals surface area contributed by atoms with Gasteiger partial charge in [-0.15, -0.1) is 0 Å². The van der Waals surface area contributed by atoms with Crippen LogP contribution >= 0.6 is 0 Å². The number of ketones is 1. The number of hydrogen-bond donors (Lipinski definition) is 5. The van der Waals surface area contributed by atoms with Gasteiger partial charge in [0.15, 0.2) is 12.0 Å². The van der Waals surface area contributed by atoms with Crippen molar-refractivity contribution in [2.45, 2.75) is 76.8 Å². The van der Waals surface area contributed by atoms with Gasteiger partial charge in [-0.3, -0.25) is 4.79 Å². The summed E-state index contributed by atoms with van der Waals surface area (Å²) in [7, 11) is 2.91. The lowest BCUT2D eigenvalue weighted by atomic mass is 9.59. The van der Waals surface area contributed by atoms with Crippen molar-refractivity contribution in [1.29, 1.82) is 0 Å². The quantitative estimate of drug-likeness (QED) is 0.304. The van der Waals surface area contributed by atoms with Crippen LogP contribution in [-0.2, 0) is 34.9 Å². The van der Waals surface area contributed by atoms with Gasteiger partial charge in [-0.25, -0.2) is 5.01 Å². The van der Waals surface area contributed by atoms with E-state index in [1.807, 2.05) is 6.07 Å². The topological polar surface area (TPSA) is 180 Å². The summed E-state index contributed by atoms with van der Waals surface area (Å²) in [4.78, 5) is 12.0. The maximum atomic E-state index is 12.2. The van der Waals surface area contributed by atoms with Gasteiger partial charge in [-0.1, -0.05) is 6.07 Å². The summed E-state index contributed by atoms with van der Waals surface area (Å²) in [5.41, 5.74) is 2.17. The molecule has 0 amide bonds. The molecular weight excluding hydrogens is 600 g/mol. The summed E-state index contributed by atoms with van der Waals surface area (Å²) in [6.07, 6.45) is -3.42. The highest BCUT2D eigenvalue weighted by Crippen LogP contribution is 2.61. The first-order chi connectivity index (χ1) is 21.9. The number of hydrazone groups is 1. The molecular formula is C33H38N2O11. The Morgan fingerprint density at radius 3 is 2.61 bits per heavy atom. The lowest BCUT2D eigenvalue weighted by molar-refractivity contribution is -0.195. The number of aromatic hydroxyl groups is 1. The molecule has 1 spiro atoms. The smallest absolute Gasteiger partial charge is 0.177 e. The second kappa shape index (κ2) is 11.0. The zero-order valence-electron chi connectivity index (χ0n) is 26.2. The normalized spacial score (nSPS) is 33.7. The Labute approximate surface area is 265 Å². The number of Topliss-reactive ketones (excluding diaryl/α,β-unsaturated/α-hetero) is 1. The highest BCUT2D eigenvalue weighted by molar-refractivity contribution is 6.37. The monoisotopic (exact) mass is 638 g/mol. The van der Waals surface area contributed by atoms with Gasteiger partial charge < -0.3 is 49.2 Å². The summed E-state index contributed by atoms with van der Waals surface area (Å²) < 4.78 is 29.6. The average Bonchev–Trinajstić information content (AvgIpc) is 3.00. The van der Waals surface area contributed by atoms with Crippen molar-refractivity contribution in [3.63, 3.8) is 0 Å². The standard InChI is InChI=1S/C33H38N2O11/c1-13-6-16-7-17-8-21-33(11-44-12-45-21)10-20-24(28(39)25-19(42-4)9-18(37)30(43-5)31(25)46-20)29(40)26(33)22(17)27(38)23(16)32(41)35(13)34-14(2)15(3)36/h6-7,18-19,21,28,30,32,37-41H,8-12H2,1-5H3. The molecule has 7 unspecified atom stereocenters. The number of phenols is 1. The molecule has 3 aliphatic heterocycles. The summed E-state index contributed by atoms with van der Waals surface area (Å²) >= 11 is 0. The zero-order valence-corrected chi connectivity index (χ0v) is 26.2. The van der Waals surface area contributed by atoms with E-state index in [-0.39, 0.29) is 71.9 Å². The van der Waals surface area contributed by atoms with Gasteiger partial charge in [0.2, 0.25) is 0 Å². The summed E-state index contributed by atoms with van der Waals surface area (Å²) in [6.45, 7) is 4.81. The van der Waals surface area contributed by atoms with Crippen LogP contribution in [0, 0.1) is 5.41 Å². The van der Waals surface area contributed by atoms with Crippen LogP contribution < -0.4 is 0 Å². The molecule has 246 valence electrons. The Bertz CT molecular complexity index is 1690. The zero-order chi connectivity index (χ0) is 32.8. The van der Waals surface area contributed by atoms with E-state index in [4.69, 9.17) is 23.7 Å². The molecule has 0 saturated carbocycles. The Hall–Kier alpha value is -3.56. The first-order valence-electron chi connectivity index (χ1n) is 15.2. The molecule has 13 nitrogen and oxygen atoms in total. The van der Waals surface area contributed by atoms with Crippen molar-refractivity contribution >= 4 is 23.1 Å². The highest BCUT2D eigenvalue weighted by atomic mass is 16.7. The Morgan fingerprint density at radius 1 is 1.15 bits per heavy atom. The summed E-state index contributed by atoms with van der Waals surface area (Å²) in [5.74, 6) is -0.318. The molecule has 6 aliphatic rings. The van der Waals surface area contributed by atoms with Crippen LogP contribution in [-0.4, -0.2) is 100 Å². The third kappa shape index (κ3) is 4.27. The maximum Gasteiger partial charge on any atom is 0.177 e. The van der Waals surface area contributed by atoms with Crippen LogP contribution in [0.5, 0.6) is 5.75 Å². The van der Waals surface area contributed by atoms with Crippen LogP contribution in [0.25, 0.3) is 11.6 Å². The molecule has 0 radical (unpaired) electrons. The predicted octanol–water partition coefficient (Wildman–Crippen LogP) is 2.31. The van der Waals surface area contributed by atoms with Crippen LogP contribution in [0.1, 0.15) is 62.1 Å². The number of aliphatic hydroxyl groups excluding tert-OH is 4. The first-order valence-corrected chi connectivity index (χ1v) is 15.2. The van der Waals surface area contributed by atoms with Crippen molar-refractivity contribution in [2.75, 3.05) is 27.6 Å². The number of aliphatic hydroxyl groups is 4. The molecule has 46 heavy (non-hydrogen) atoms. The van der Waals surface area contributed by atoms with Gasteiger partial charge in [0.1, 0.15) is 47.7 Å². The average molecular weight is 639 g/mol. The second-order valence-electron chi connectivity index (χ2n) is 12.7. The van der Waals surface area contributed by atoms with E-state index in [2.05, 4.69) is 5.10 Å². The molecule has 0 aromatic heterocycles. The number of carbonyl (C=O) groups excluding carboxylic acids is 1. The number of carbonyl (C=O) groups is 1. The van der Waals surface area contributed by atoms with Crippen molar-refractivity contribution in [3.8, 4) is 5.75 Å². The van der Waals surface area contributed by atoms with Gasteiger partial charge in [0, 0.05) is 62.8 Å². The second-order valence-corrected chi connectivity index (χ2v) is 12.7. The lowest BCUT2D eigenvalue weighted by Crippen LogP contribution is -2.53. The van der Waals surface area contributed by atoms with Crippen molar-refractivity contribution in [1.82, 2.24) is 5.01 Å². The Balaban J connectivity index is 1.43. The number of ether oxygens (including phenoxy) is 5. The number of rotatable bonds is 4. The maximum absolute atomic E-state index is 12.2. The van der Waals surface area contributed by atoms with Crippen molar-refractivity contribution < 1.29 is 54.0 Å². The molecule has 3 heterocycles. The molecule has 1 saturated heterocycles. The van der Waals surface area contributed by atoms with Crippen LogP contribution in [0.15, 0.2) is 45.3 Å². The molecule has 1 fully saturated rings. The van der Waals surface area contributed by atoms with Gasteiger partial charge in [0.25, 0.3) is 0 Å². The number of nitrogens with zero attached hydrogens (tertiary/aromatic N) is 2. The van der Waals surface area contributed by atoms with Crippen LogP contribution in [0.3, 0.4) is 0 Å². The number of benzene rings is 1. The molecule has 7 atom stereocenters. The largest absolute Gasteiger partial charge is 0.507 e. The first kappa shape index (κ1) is 31.1. The van der Waals surface area contributed by atoms with E-state index >= 15 is 0 Å². The number of phenolic OH excluding ortho intramolecular Hbond substituents is 1. The minimum atomic E-state index is -1.44. The SMILES string of the molecule is COC1CC(O)C(OC)C2=C1C(O)C1=C(CC34COCOC3Cc3cc5c(c(O)c3C4=C1O)C(O)N(N=C(C)C(C)=O)C(C)=C5)O2. The third-order valence-electron chi connectivity index (χ3n) is 10.2. The third-order valence-corrected chi connectivity index (χ3v) is 10.2. The van der Waals surface area contributed by atoms with Crippen LogP contribution in [0.2, 0.25) is 0 Å². The van der Waals surface area contributed by atoms with Gasteiger partial charge >= 0.3 is 0 Å². The minimum Gasteiger partial charge on any atom is -0.507 e. The highest BCUT2D eigenvalue weighted by Gasteiger charge is 2.58. The van der Waals surface area contributed by atoms with E-state index in [9.17, 15) is 30.3 Å². The molecule has 13 heteroatoms. The van der Waals surface area contributed by atoms with E-state index in [1.54, 1.807) is 19.9 Å².